The van der Waals surface area contributed by atoms with Crippen molar-refractivity contribution in [3.63, 3.8) is 0 Å². The van der Waals surface area contributed by atoms with Gasteiger partial charge in [-0.15, -0.1) is 47.5 Å². The molecule has 8 aromatic rings. The number of rotatable bonds is 4. The monoisotopic (exact) mass is 843 g/mol. The van der Waals surface area contributed by atoms with E-state index in [1.807, 2.05) is 30.5 Å². The van der Waals surface area contributed by atoms with Gasteiger partial charge in [0.25, 0.3) is 0 Å². The van der Waals surface area contributed by atoms with Gasteiger partial charge >= 0.3 is 0 Å². The molecule has 0 bridgehead atoms. The number of aromatic nitrogens is 2. The second-order valence-electron chi connectivity index (χ2n) is 14.6. The van der Waals surface area contributed by atoms with Gasteiger partial charge in [-0.1, -0.05) is 128 Å². The molecule has 8 rings (SSSR count). The van der Waals surface area contributed by atoms with Gasteiger partial charge in [0.1, 0.15) is 5.58 Å². The van der Waals surface area contributed by atoms with E-state index in [1.165, 1.54) is 44.3 Å². The van der Waals surface area contributed by atoms with E-state index in [1.54, 1.807) is 6.20 Å². The fraction of sp³-hybridized carbons (Fsp3) is 0.191. The van der Waals surface area contributed by atoms with Gasteiger partial charge in [0.2, 0.25) is 0 Å². The average Bonchev–Trinajstić information content (AvgIpc) is 3.49. The standard InChI is InChI=1S/C25H28N.C22H14NO.Ir/c1-17-7-10-22(24-13-18(2)19(3)16-26-24)14-23(17)21-11-8-20(9-12-21)15-25(4,5)6;1-14-8-10-16-15(13-14)9-11-18-17-5-4-6-19(22(17)24-21(16)18)20-7-2-3-12-23-20;/h7-9,11-14,16H,15H2,1-6H3;2-5,7-13H,1H3;/q2*-1;. The van der Waals surface area contributed by atoms with Crippen LogP contribution in [0, 0.1) is 45.2 Å². The first kappa shape index (κ1) is 35.9. The van der Waals surface area contributed by atoms with E-state index in [4.69, 9.17) is 4.42 Å². The molecule has 0 spiro atoms. The summed E-state index contributed by atoms with van der Waals surface area (Å²) >= 11 is 0. The average molecular weight is 843 g/mol. The molecule has 0 aliphatic heterocycles. The molecule has 5 aromatic carbocycles. The van der Waals surface area contributed by atoms with Crippen molar-refractivity contribution in [3.8, 4) is 33.6 Å². The molecule has 3 aromatic heterocycles. The first-order chi connectivity index (χ1) is 24.0. The number of furan rings is 1. The van der Waals surface area contributed by atoms with Gasteiger partial charge in [0, 0.05) is 43.3 Å². The third-order valence-corrected chi connectivity index (χ3v) is 9.30. The van der Waals surface area contributed by atoms with Gasteiger partial charge < -0.3 is 14.4 Å². The number of hydrogen-bond donors (Lipinski definition) is 0. The fourth-order valence-electron chi connectivity index (χ4n) is 6.56. The van der Waals surface area contributed by atoms with E-state index in [0.29, 0.717) is 5.41 Å². The maximum atomic E-state index is 6.32. The van der Waals surface area contributed by atoms with E-state index >= 15 is 0 Å². The number of fused-ring (bicyclic) bond motifs is 5. The smallest absolute Gasteiger partial charge is 0.128 e. The Labute approximate surface area is 315 Å². The van der Waals surface area contributed by atoms with Crippen LogP contribution in [0.25, 0.3) is 66.4 Å². The van der Waals surface area contributed by atoms with Gasteiger partial charge in [-0.05, 0) is 72.1 Å². The molecule has 0 aliphatic rings. The maximum Gasteiger partial charge on any atom is 0.128 e. The van der Waals surface area contributed by atoms with Crippen LogP contribution in [0.4, 0.5) is 0 Å². The second kappa shape index (κ2) is 14.8. The minimum Gasteiger partial charge on any atom is -0.500 e. The van der Waals surface area contributed by atoms with Crippen LogP contribution in [-0.4, -0.2) is 9.97 Å². The number of benzene rings is 5. The van der Waals surface area contributed by atoms with E-state index in [2.05, 4.69) is 149 Å². The van der Waals surface area contributed by atoms with Gasteiger partial charge in [-0.2, -0.15) is 0 Å². The zero-order valence-corrected chi connectivity index (χ0v) is 32.7. The Hall–Kier alpha value is -4.89. The molecule has 0 unspecified atom stereocenters. The minimum atomic E-state index is 0. The molecular weight excluding hydrogens is 801 g/mol. The normalized spacial score (nSPS) is 11.4. The van der Waals surface area contributed by atoms with E-state index in [9.17, 15) is 0 Å². The molecule has 3 nitrogen and oxygen atoms in total. The third kappa shape index (κ3) is 7.73. The predicted molar refractivity (Wildman–Crippen MR) is 209 cm³/mol. The van der Waals surface area contributed by atoms with Crippen molar-refractivity contribution < 1.29 is 24.5 Å². The quantitative estimate of drug-likeness (QED) is 0.166. The molecule has 0 aliphatic carbocycles. The van der Waals surface area contributed by atoms with Crippen molar-refractivity contribution in [2.24, 2.45) is 5.41 Å². The van der Waals surface area contributed by atoms with Crippen LogP contribution in [0.3, 0.4) is 0 Å². The molecule has 3 heterocycles. The van der Waals surface area contributed by atoms with E-state index in [0.717, 1.165) is 56.3 Å². The molecule has 51 heavy (non-hydrogen) atoms. The van der Waals surface area contributed by atoms with E-state index < -0.39 is 0 Å². The summed E-state index contributed by atoms with van der Waals surface area (Å²) in [6.07, 6.45) is 4.83. The summed E-state index contributed by atoms with van der Waals surface area (Å²) in [4.78, 5) is 9.05. The second-order valence-corrected chi connectivity index (χ2v) is 14.6. The zero-order valence-electron chi connectivity index (χ0n) is 30.3. The number of pyridine rings is 2. The maximum absolute atomic E-state index is 6.32. The number of hydrogen-bond acceptors (Lipinski definition) is 3. The van der Waals surface area contributed by atoms with Crippen LogP contribution < -0.4 is 0 Å². The van der Waals surface area contributed by atoms with Crippen LogP contribution in [0.1, 0.15) is 48.6 Å². The van der Waals surface area contributed by atoms with Crippen molar-refractivity contribution in [1.82, 2.24) is 9.97 Å². The number of nitrogens with zero attached hydrogens (tertiary/aromatic N) is 2. The first-order valence-electron chi connectivity index (χ1n) is 17.3. The van der Waals surface area contributed by atoms with Crippen molar-refractivity contribution in [2.45, 2.75) is 54.9 Å². The Morgan fingerprint density at radius 2 is 1.43 bits per heavy atom. The van der Waals surface area contributed by atoms with Crippen LogP contribution in [0.5, 0.6) is 0 Å². The van der Waals surface area contributed by atoms with Crippen LogP contribution in [0.15, 0.2) is 120 Å². The number of aryl methyl sites for hydroxylation is 4. The summed E-state index contributed by atoms with van der Waals surface area (Å²) in [6.45, 7) is 15.3. The van der Waals surface area contributed by atoms with Crippen LogP contribution >= 0.6 is 0 Å². The Balaban J connectivity index is 0.000000173. The Kier molecular flexibility index (Phi) is 10.4. The predicted octanol–water partition coefficient (Wildman–Crippen LogP) is 12.6. The van der Waals surface area contributed by atoms with Crippen molar-refractivity contribution >= 4 is 32.7 Å². The minimum absolute atomic E-state index is 0. The van der Waals surface area contributed by atoms with Gasteiger partial charge in [-0.25, -0.2) is 0 Å². The Morgan fingerprint density at radius 3 is 2.16 bits per heavy atom. The van der Waals surface area contributed by atoms with Crippen LogP contribution in [-0.2, 0) is 26.5 Å². The topological polar surface area (TPSA) is 38.9 Å². The summed E-state index contributed by atoms with van der Waals surface area (Å²) in [7, 11) is 0. The summed E-state index contributed by atoms with van der Waals surface area (Å²) in [5.74, 6) is 0. The summed E-state index contributed by atoms with van der Waals surface area (Å²) in [5, 5.41) is 4.57. The molecule has 1 radical (unpaired) electrons. The largest absolute Gasteiger partial charge is 0.500 e. The molecule has 4 heteroatoms. The molecule has 257 valence electrons. The third-order valence-electron chi connectivity index (χ3n) is 9.30. The summed E-state index contributed by atoms with van der Waals surface area (Å²) in [6, 6.07) is 42.7. The van der Waals surface area contributed by atoms with Gasteiger partial charge in [-0.3, -0.25) is 0 Å². The first-order valence-corrected chi connectivity index (χ1v) is 17.3. The molecule has 0 saturated carbocycles. The zero-order chi connectivity index (χ0) is 35.0. The molecule has 0 N–H and O–H groups in total. The molecule has 0 fully saturated rings. The fourth-order valence-corrected chi connectivity index (χ4v) is 6.56. The van der Waals surface area contributed by atoms with Gasteiger partial charge in [0.15, 0.2) is 0 Å². The van der Waals surface area contributed by atoms with Crippen LogP contribution in [0.2, 0.25) is 0 Å². The molecule has 0 atom stereocenters. The molecule has 0 amide bonds. The Morgan fingerprint density at radius 1 is 0.667 bits per heavy atom. The summed E-state index contributed by atoms with van der Waals surface area (Å²) < 4.78 is 6.32. The van der Waals surface area contributed by atoms with Gasteiger partial charge in [0.05, 0.1) is 5.58 Å². The van der Waals surface area contributed by atoms with Crippen molar-refractivity contribution in [1.29, 1.82) is 0 Å². The molecule has 0 saturated heterocycles. The Bertz CT molecular complexity index is 2470. The van der Waals surface area contributed by atoms with Crippen molar-refractivity contribution in [2.75, 3.05) is 0 Å². The van der Waals surface area contributed by atoms with E-state index in [-0.39, 0.29) is 20.1 Å². The van der Waals surface area contributed by atoms with Crippen molar-refractivity contribution in [3.05, 3.63) is 155 Å². The summed E-state index contributed by atoms with van der Waals surface area (Å²) in [5.41, 5.74) is 14.8. The SMILES string of the molecule is Cc1ccc2c(ccc3c4cc[c-]c(-c5ccccn5)c4oc23)c1.Cc1cnc(-c2[c-]cc(C)c(-c3ccc(CC(C)(C)C)cc3)c2)cc1C.[Ir]. The molecular formula is C47H42IrN2O-2.